The highest BCUT2D eigenvalue weighted by Gasteiger charge is 2.05. The first-order valence-electron chi connectivity index (χ1n) is 6.63. The Hall–Kier alpha value is -2.07. The molecule has 0 radical (unpaired) electrons. The summed E-state index contributed by atoms with van der Waals surface area (Å²) in [5.74, 6) is 0. The average molecular weight is 271 g/mol. The minimum absolute atomic E-state index is 0.630. The first-order valence-corrected chi connectivity index (χ1v) is 6.63. The quantitative estimate of drug-likeness (QED) is 0.876. The topological polar surface area (TPSA) is 37.4 Å². The molecule has 0 unspecified atom stereocenters. The number of hydrogen-bond donors (Lipinski definition) is 1. The predicted octanol–water partition coefficient (Wildman–Crippen LogP) is 2.91. The van der Waals surface area contributed by atoms with Crippen molar-refractivity contribution >= 4 is 11.4 Å². The molecular formula is C16H21N3O. The molecule has 20 heavy (non-hydrogen) atoms. The normalized spacial score (nSPS) is 10.3. The van der Waals surface area contributed by atoms with Crippen molar-refractivity contribution in [2.45, 2.75) is 13.2 Å². The summed E-state index contributed by atoms with van der Waals surface area (Å²) in [4.78, 5) is 6.26. The van der Waals surface area contributed by atoms with Gasteiger partial charge < -0.3 is 15.0 Å². The molecule has 106 valence electrons. The molecule has 2 rings (SSSR count). The first-order chi connectivity index (χ1) is 9.72. The van der Waals surface area contributed by atoms with Crippen LogP contribution in [0.2, 0.25) is 0 Å². The number of pyridine rings is 1. The van der Waals surface area contributed by atoms with Gasteiger partial charge >= 0.3 is 0 Å². The van der Waals surface area contributed by atoms with E-state index in [9.17, 15) is 0 Å². The van der Waals surface area contributed by atoms with E-state index in [0.29, 0.717) is 6.61 Å². The summed E-state index contributed by atoms with van der Waals surface area (Å²) in [6, 6.07) is 10.3. The van der Waals surface area contributed by atoms with Gasteiger partial charge in [-0.2, -0.15) is 0 Å². The zero-order chi connectivity index (χ0) is 14.4. The Balaban J connectivity index is 2.13. The van der Waals surface area contributed by atoms with Gasteiger partial charge in [-0.15, -0.1) is 0 Å². The van der Waals surface area contributed by atoms with E-state index in [2.05, 4.69) is 27.3 Å². The van der Waals surface area contributed by atoms with Gasteiger partial charge in [-0.25, -0.2) is 0 Å². The van der Waals surface area contributed by atoms with Crippen LogP contribution >= 0.6 is 0 Å². The van der Waals surface area contributed by atoms with Gasteiger partial charge in [0.05, 0.1) is 24.2 Å². The molecule has 0 fully saturated rings. The van der Waals surface area contributed by atoms with Crippen LogP contribution in [-0.2, 0) is 17.9 Å². The van der Waals surface area contributed by atoms with Crippen molar-refractivity contribution in [2.24, 2.45) is 0 Å². The fourth-order valence-corrected chi connectivity index (χ4v) is 2.13. The molecule has 1 heterocycles. The Morgan fingerprint density at radius 2 is 1.90 bits per heavy atom. The Morgan fingerprint density at radius 3 is 2.60 bits per heavy atom. The molecule has 0 aliphatic rings. The third kappa shape index (κ3) is 3.48. The summed E-state index contributed by atoms with van der Waals surface area (Å²) < 4.78 is 5.23. The average Bonchev–Trinajstić information content (AvgIpc) is 2.47. The van der Waals surface area contributed by atoms with E-state index in [4.69, 9.17) is 4.74 Å². The molecule has 1 aromatic carbocycles. The highest BCUT2D eigenvalue weighted by Crippen LogP contribution is 2.23. The number of hydrogen-bond acceptors (Lipinski definition) is 4. The Bertz CT molecular complexity index is 555. The Kier molecular flexibility index (Phi) is 4.96. The molecule has 2 aromatic rings. The lowest BCUT2D eigenvalue weighted by Crippen LogP contribution is -2.12. The van der Waals surface area contributed by atoms with Crippen molar-refractivity contribution in [3.63, 3.8) is 0 Å². The molecule has 0 saturated carbocycles. The second kappa shape index (κ2) is 6.91. The third-order valence-corrected chi connectivity index (χ3v) is 3.17. The number of ether oxygens (including phenoxy) is 1. The molecule has 0 atom stereocenters. The minimum Gasteiger partial charge on any atom is -0.380 e. The van der Waals surface area contributed by atoms with Gasteiger partial charge in [-0.05, 0) is 17.2 Å². The van der Waals surface area contributed by atoms with Crippen molar-refractivity contribution in [3.05, 3.63) is 53.9 Å². The molecule has 4 nitrogen and oxygen atoms in total. The molecule has 0 bridgehead atoms. The van der Waals surface area contributed by atoms with Crippen LogP contribution in [0.1, 0.15) is 11.1 Å². The van der Waals surface area contributed by atoms with Crippen LogP contribution in [0, 0.1) is 0 Å². The predicted molar refractivity (Wildman–Crippen MR) is 83.0 cm³/mol. The number of methoxy groups -OCH3 is 1. The maximum Gasteiger partial charge on any atom is 0.0766 e. The minimum atomic E-state index is 0.630. The van der Waals surface area contributed by atoms with Gasteiger partial charge in [0, 0.05) is 33.9 Å². The summed E-state index contributed by atoms with van der Waals surface area (Å²) in [6.45, 7) is 1.39. The molecule has 0 spiro atoms. The number of anilines is 2. The second-order valence-corrected chi connectivity index (χ2v) is 4.84. The van der Waals surface area contributed by atoms with E-state index in [1.165, 1.54) is 11.1 Å². The Morgan fingerprint density at radius 1 is 1.15 bits per heavy atom. The van der Waals surface area contributed by atoms with Gasteiger partial charge in [0.25, 0.3) is 0 Å². The van der Waals surface area contributed by atoms with E-state index >= 15 is 0 Å². The summed E-state index contributed by atoms with van der Waals surface area (Å²) in [5, 5.41) is 3.45. The number of benzene rings is 1. The van der Waals surface area contributed by atoms with E-state index < -0.39 is 0 Å². The largest absolute Gasteiger partial charge is 0.380 e. The maximum absolute atomic E-state index is 5.23. The van der Waals surface area contributed by atoms with E-state index in [-0.39, 0.29) is 0 Å². The SMILES string of the molecule is COCc1ccccc1CNc1cnccc1N(C)C. The van der Waals surface area contributed by atoms with Crippen LogP contribution in [0.4, 0.5) is 11.4 Å². The van der Waals surface area contributed by atoms with Crippen LogP contribution in [-0.4, -0.2) is 26.2 Å². The number of aromatic nitrogens is 1. The van der Waals surface area contributed by atoms with E-state index in [0.717, 1.165) is 17.9 Å². The maximum atomic E-state index is 5.23. The van der Waals surface area contributed by atoms with Crippen LogP contribution in [0.5, 0.6) is 0 Å². The zero-order valence-corrected chi connectivity index (χ0v) is 12.3. The van der Waals surface area contributed by atoms with Crippen LogP contribution < -0.4 is 10.2 Å². The molecule has 0 saturated heterocycles. The third-order valence-electron chi connectivity index (χ3n) is 3.17. The van der Waals surface area contributed by atoms with Gasteiger partial charge in [0.15, 0.2) is 0 Å². The number of nitrogens with one attached hydrogen (secondary N) is 1. The van der Waals surface area contributed by atoms with E-state index in [1.54, 1.807) is 13.3 Å². The van der Waals surface area contributed by atoms with Crippen molar-refractivity contribution in [3.8, 4) is 0 Å². The molecule has 4 heteroatoms. The molecule has 0 aliphatic carbocycles. The van der Waals surface area contributed by atoms with Crippen molar-refractivity contribution in [1.82, 2.24) is 4.98 Å². The first kappa shape index (κ1) is 14.3. The molecular weight excluding hydrogens is 250 g/mol. The number of nitrogens with zero attached hydrogens (tertiary/aromatic N) is 2. The van der Waals surface area contributed by atoms with Crippen molar-refractivity contribution in [1.29, 1.82) is 0 Å². The standard InChI is InChI=1S/C16H21N3O/c1-19(2)16-8-9-17-11-15(16)18-10-13-6-4-5-7-14(13)12-20-3/h4-9,11,18H,10,12H2,1-3H3. The fourth-order valence-electron chi connectivity index (χ4n) is 2.13. The van der Waals surface area contributed by atoms with Gasteiger partial charge in [0.1, 0.15) is 0 Å². The lowest BCUT2D eigenvalue weighted by Gasteiger charge is -2.18. The molecule has 1 N–H and O–H groups in total. The van der Waals surface area contributed by atoms with Gasteiger partial charge in [0.2, 0.25) is 0 Å². The molecule has 0 aliphatic heterocycles. The monoisotopic (exact) mass is 271 g/mol. The summed E-state index contributed by atoms with van der Waals surface area (Å²) in [7, 11) is 5.77. The van der Waals surface area contributed by atoms with Crippen LogP contribution in [0.25, 0.3) is 0 Å². The van der Waals surface area contributed by atoms with Gasteiger partial charge in [-0.3, -0.25) is 4.98 Å². The molecule has 0 amide bonds. The van der Waals surface area contributed by atoms with E-state index in [1.807, 2.05) is 38.5 Å². The van der Waals surface area contributed by atoms with Crippen molar-refractivity contribution in [2.75, 3.05) is 31.4 Å². The highest BCUT2D eigenvalue weighted by molar-refractivity contribution is 5.68. The number of rotatable bonds is 6. The smallest absolute Gasteiger partial charge is 0.0766 e. The van der Waals surface area contributed by atoms with Crippen LogP contribution in [0.3, 0.4) is 0 Å². The lowest BCUT2D eigenvalue weighted by molar-refractivity contribution is 0.184. The summed E-state index contributed by atoms with van der Waals surface area (Å²) >= 11 is 0. The lowest BCUT2D eigenvalue weighted by atomic mass is 10.1. The summed E-state index contributed by atoms with van der Waals surface area (Å²) in [6.07, 6.45) is 3.66. The second-order valence-electron chi connectivity index (χ2n) is 4.84. The Labute approximate surface area is 120 Å². The highest BCUT2D eigenvalue weighted by atomic mass is 16.5. The van der Waals surface area contributed by atoms with Crippen molar-refractivity contribution < 1.29 is 4.74 Å². The van der Waals surface area contributed by atoms with Gasteiger partial charge in [-0.1, -0.05) is 24.3 Å². The van der Waals surface area contributed by atoms with Crippen LogP contribution in [0.15, 0.2) is 42.7 Å². The fraction of sp³-hybridized carbons (Fsp3) is 0.312. The summed E-state index contributed by atoms with van der Waals surface area (Å²) in [5.41, 5.74) is 4.61. The molecule has 1 aromatic heterocycles. The zero-order valence-electron chi connectivity index (χ0n) is 12.3.